The highest BCUT2D eigenvalue weighted by molar-refractivity contribution is 5.16. The van der Waals surface area contributed by atoms with Crippen LogP contribution in [0.3, 0.4) is 0 Å². The maximum atomic E-state index is 13.3. The molecule has 0 aromatic heterocycles. The van der Waals surface area contributed by atoms with Gasteiger partial charge in [0, 0.05) is 25.2 Å². The van der Waals surface area contributed by atoms with E-state index < -0.39 is 0 Å². The lowest BCUT2D eigenvalue weighted by molar-refractivity contribution is 0.0842. The van der Waals surface area contributed by atoms with Crippen molar-refractivity contribution in [2.24, 2.45) is 5.92 Å². The third kappa shape index (κ3) is 6.27. The Morgan fingerprint density at radius 2 is 1.78 bits per heavy atom. The maximum Gasteiger partial charge on any atom is 0.123 e. The van der Waals surface area contributed by atoms with Crippen LogP contribution in [-0.4, -0.2) is 73.1 Å². The lowest BCUT2D eigenvalue weighted by Gasteiger charge is -2.41. The average molecular weight is 376 g/mol. The van der Waals surface area contributed by atoms with Crippen LogP contribution in [0.1, 0.15) is 45.1 Å². The Hall–Kier alpha value is -0.970. The SMILES string of the molecule is CC(C)N1CCC(N(C)CC2CCN(CCc3cccc(F)c3)CC2)CC1. The molecule has 0 saturated carbocycles. The molecule has 3 nitrogen and oxygen atoms in total. The fourth-order valence-corrected chi connectivity index (χ4v) is 4.77. The molecule has 0 aliphatic carbocycles. The zero-order chi connectivity index (χ0) is 19.2. The van der Waals surface area contributed by atoms with Crippen LogP contribution in [-0.2, 0) is 6.42 Å². The summed E-state index contributed by atoms with van der Waals surface area (Å²) in [7, 11) is 2.34. The first kappa shape index (κ1) is 20.8. The van der Waals surface area contributed by atoms with Gasteiger partial charge in [0.1, 0.15) is 5.82 Å². The molecule has 0 bridgehead atoms. The Bertz CT molecular complexity index is 560. The van der Waals surface area contributed by atoms with E-state index in [9.17, 15) is 4.39 Å². The smallest absolute Gasteiger partial charge is 0.123 e. The predicted octanol–water partition coefficient (Wildman–Crippen LogP) is 3.88. The minimum atomic E-state index is -0.117. The van der Waals surface area contributed by atoms with Crippen molar-refractivity contribution in [3.63, 3.8) is 0 Å². The molecule has 3 rings (SSSR count). The van der Waals surface area contributed by atoms with Crippen molar-refractivity contribution >= 4 is 0 Å². The van der Waals surface area contributed by atoms with Gasteiger partial charge in [-0.05, 0) is 103 Å². The first-order valence-electron chi connectivity index (χ1n) is 10.9. The normalized spacial score (nSPS) is 21.4. The van der Waals surface area contributed by atoms with E-state index >= 15 is 0 Å². The third-order valence-corrected chi connectivity index (χ3v) is 6.71. The van der Waals surface area contributed by atoms with Gasteiger partial charge < -0.3 is 14.7 Å². The fraction of sp³-hybridized carbons (Fsp3) is 0.739. The monoisotopic (exact) mass is 375 g/mol. The highest BCUT2D eigenvalue weighted by Crippen LogP contribution is 2.23. The van der Waals surface area contributed by atoms with E-state index in [1.165, 1.54) is 64.5 Å². The molecule has 2 aliphatic rings. The van der Waals surface area contributed by atoms with Gasteiger partial charge in [-0.15, -0.1) is 0 Å². The van der Waals surface area contributed by atoms with Crippen molar-refractivity contribution in [2.75, 3.05) is 46.3 Å². The lowest BCUT2D eigenvalue weighted by atomic mass is 9.94. The fourth-order valence-electron chi connectivity index (χ4n) is 4.77. The molecule has 0 atom stereocenters. The molecule has 2 aliphatic heterocycles. The minimum Gasteiger partial charge on any atom is -0.303 e. The van der Waals surface area contributed by atoms with E-state index in [1.807, 2.05) is 12.1 Å². The van der Waals surface area contributed by atoms with Gasteiger partial charge in [0.25, 0.3) is 0 Å². The zero-order valence-electron chi connectivity index (χ0n) is 17.5. The Kier molecular flexibility index (Phi) is 7.68. The summed E-state index contributed by atoms with van der Waals surface area (Å²) in [6.07, 6.45) is 6.20. The molecule has 0 N–H and O–H groups in total. The van der Waals surface area contributed by atoms with Crippen molar-refractivity contribution in [3.8, 4) is 0 Å². The summed E-state index contributed by atoms with van der Waals surface area (Å²) in [4.78, 5) is 7.81. The van der Waals surface area contributed by atoms with Crippen LogP contribution < -0.4 is 0 Å². The van der Waals surface area contributed by atoms with Gasteiger partial charge in [-0.25, -0.2) is 4.39 Å². The molecule has 152 valence electrons. The Morgan fingerprint density at radius 3 is 2.41 bits per heavy atom. The van der Waals surface area contributed by atoms with Crippen LogP contribution in [0.5, 0.6) is 0 Å². The maximum absolute atomic E-state index is 13.3. The van der Waals surface area contributed by atoms with Crippen LogP contribution in [0.15, 0.2) is 24.3 Å². The molecular weight excluding hydrogens is 337 g/mol. The number of hydrogen-bond donors (Lipinski definition) is 0. The van der Waals surface area contributed by atoms with Gasteiger partial charge in [-0.3, -0.25) is 0 Å². The zero-order valence-corrected chi connectivity index (χ0v) is 17.5. The van der Waals surface area contributed by atoms with Crippen molar-refractivity contribution < 1.29 is 4.39 Å². The molecule has 4 heteroatoms. The quantitative estimate of drug-likeness (QED) is 0.716. The van der Waals surface area contributed by atoms with E-state index in [4.69, 9.17) is 0 Å². The number of nitrogens with zero attached hydrogens (tertiary/aromatic N) is 3. The summed E-state index contributed by atoms with van der Waals surface area (Å²) < 4.78 is 13.3. The molecule has 27 heavy (non-hydrogen) atoms. The highest BCUT2D eigenvalue weighted by Gasteiger charge is 2.26. The van der Waals surface area contributed by atoms with Gasteiger partial charge in [-0.2, -0.15) is 0 Å². The molecule has 2 fully saturated rings. The van der Waals surface area contributed by atoms with E-state index in [2.05, 4.69) is 35.6 Å². The highest BCUT2D eigenvalue weighted by atomic mass is 19.1. The molecule has 2 heterocycles. The van der Waals surface area contributed by atoms with Gasteiger partial charge in [0.05, 0.1) is 0 Å². The van der Waals surface area contributed by atoms with Crippen LogP contribution >= 0.6 is 0 Å². The first-order valence-corrected chi connectivity index (χ1v) is 10.9. The molecule has 1 aromatic rings. The number of likely N-dealkylation sites (tertiary alicyclic amines) is 2. The second kappa shape index (κ2) is 9.99. The van der Waals surface area contributed by atoms with Crippen molar-refractivity contribution in [1.82, 2.24) is 14.7 Å². The predicted molar refractivity (Wildman–Crippen MR) is 112 cm³/mol. The summed E-state index contributed by atoms with van der Waals surface area (Å²) in [6.45, 7) is 11.8. The number of halogens is 1. The van der Waals surface area contributed by atoms with Crippen LogP contribution in [0.4, 0.5) is 4.39 Å². The minimum absolute atomic E-state index is 0.117. The Morgan fingerprint density at radius 1 is 1.07 bits per heavy atom. The molecular formula is C23H38FN3. The molecule has 1 aromatic carbocycles. The average Bonchev–Trinajstić information content (AvgIpc) is 2.67. The molecule has 0 spiro atoms. The summed E-state index contributed by atoms with van der Waals surface area (Å²) in [5.74, 6) is 0.719. The summed E-state index contributed by atoms with van der Waals surface area (Å²) >= 11 is 0. The largest absolute Gasteiger partial charge is 0.303 e. The summed E-state index contributed by atoms with van der Waals surface area (Å²) in [5, 5.41) is 0. The Balaban J connectivity index is 1.34. The topological polar surface area (TPSA) is 9.72 Å². The van der Waals surface area contributed by atoms with Gasteiger partial charge in [0.15, 0.2) is 0 Å². The third-order valence-electron chi connectivity index (χ3n) is 6.71. The number of hydrogen-bond acceptors (Lipinski definition) is 3. The van der Waals surface area contributed by atoms with E-state index in [0.29, 0.717) is 6.04 Å². The van der Waals surface area contributed by atoms with E-state index in [1.54, 1.807) is 6.07 Å². The van der Waals surface area contributed by atoms with E-state index in [-0.39, 0.29) is 5.82 Å². The van der Waals surface area contributed by atoms with Crippen molar-refractivity contribution in [3.05, 3.63) is 35.6 Å². The van der Waals surface area contributed by atoms with E-state index in [0.717, 1.165) is 30.5 Å². The van der Waals surface area contributed by atoms with Gasteiger partial charge in [0.2, 0.25) is 0 Å². The van der Waals surface area contributed by atoms with Crippen molar-refractivity contribution in [2.45, 2.75) is 58.0 Å². The Labute approximate surface area is 165 Å². The number of rotatable bonds is 7. The lowest BCUT2D eigenvalue weighted by Crippen LogP contribution is -2.47. The summed E-state index contributed by atoms with van der Waals surface area (Å²) in [6, 6.07) is 8.51. The molecule has 0 amide bonds. The molecule has 0 radical (unpaired) electrons. The van der Waals surface area contributed by atoms with Crippen LogP contribution in [0.25, 0.3) is 0 Å². The molecule has 2 saturated heterocycles. The number of benzene rings is 1. The number of piperidine rings is 2. The second-order valence-electron chi connectivity index (χ2n) is 8.97. The standard InChI is InChI=1S/C23H38FN3/c1-19(2)27-15-10-23(11-16-27)25(3)18-21-8-13-26(14-9-21)12-7-20-5-4-6-22(24)17-20/h4-6,17,19,21,23H,7-16,18H2,1-3H3. The molecule has 0 unspecified atom stereocenters. The van der Waals surface area contributed by atoms with Crippen LogP contribution in [0, 0.1) is 11.7 Å². The second-order valence-corrected chi connectivity index (χ2v) is 8.97. The van der Waals surface area contributed by atoms with Gasteiger partial charge in [-0.1, -0.05) is 12.1 Å². The first-order chi connectivity index (χ1) is 13.0. The summed E-state index contributed by atoms with van der Waals surface area (Å²) in [5.41, 5.74) is 1.12. The van der Waals surface area contributed by atoms with Crippen LogP contribution in [0.2, 0.25) is 0 Å². The van der Waals surface area contributed by atoms with Crippen molar-refractivity contribution in [1.29, 1.82) is 0 Å². The van der Waals surface area contributed by atoms with Gasteiger partial charge >= 0.3 is 0 Å².